The molecule has 0 fully saturated rings. The fraction of sp³-hybridized carbons (Fsp3) is 0.238. The Morgan fingerprint density at radius 3 is 2.63 bits per heavy atom. The largest absolute Gasteiger partial charge is 0.441 e. The van der Waals surface area contributed by atoms with Crippen LogP contribution in [0.25, 0.3) is 11.3 Å². The molecule has 0 aliphatic carbocycles. The molecule has 0 bridgehead atoms. The Hall–Kier alpha value is -3.02. The second-order valence-electron chi connectivity index (χ2n) is 6.44. The second-order valence-corrected chi connectivity index (χ2v) is 6.44. The van der Waals surface area contributed by atoms with Crippen LogP contribution in [0, 0.1) is 18.6 Å². The molecule has 1 aromatic heterocycles. The standard InChI is InChI=1S/C21H20F2N2O2/c1-13-3-5-15(6-4-13)19-12-24-21(27-19)10-9-20(26)25-14(2)17-8-7-16(22)11-18(17)23/h3-8,11-12,14H,9-10H2,1-2H3,(H,25,26). The molecule has 27 heavy (non-hydrogen) atoms. The summed E-state index contributed by atoms with van der Waals surface area (Å²) < 4.78 is 32.4. The Labute approximate surface area is 156 Å². The SMILES string of the molecule is Cc1ccc(-c2cnc(CCC(=O)NC(C)c3ccc(F)cc3F)o2)cc1. The minimum Gasteiger partial charge on any atom is -0.441 e. The molecule has 0 aliphatic heterocycles. The number of halogens is 2. The fourth-order valence-electron chi connectivity index (χ4n) is 2.74. The zero-order valence-corrected chi connectivity index (χ0v) is 15.1. The highest BCUT2D eigenvalue weighted by molar-refractivity contribution is 5.76. The van der Waals surface area contributed by atoms with Crippen LogP contribution in [0.3, 0.4) is 0 Å². The third-order valence-corrected chi connectivity index (χ3v) is 4.26. The minimum atomic E-state index is -0.682. The summed E-state index contributed by atoms with van der Waals surface area (Å²) in [6, 6.07) is 10.6. The van der Waals surface area contributed by atoms with Gasteiger partial charge in [-0.25, -0.2) is 13.8 Å². The Morgan fingerprint density at radius 1 is 1.19 bits per heavy atom. The van der Waals surface area contributed by atoms with Gasteiger partial charge in [0.2, 0.25) is 5.91 Å². The number of nitrogens with zero attached hydrogens (tertiary/aromatic N) is 1. The summed E-state index contributed by atoms with van der Waals surface area (Å²) in [5.74, 6) is -0.490. The van der Waals surface area contributed by atoms with Crippen LogP contribution in [0.5, 0.6) is 0 Å². The molecule has 140 valence electrons. The number of hydrogen-bond acceptors (Lipinski definition) is 3. The first-order valence-corrected chi connectivity index (χ1v) is 8.68. The molecule has 4 nitrogen and oxygen atoms in total. The lowest BCUT2D eigenvalue weighted by Gasteiger charge is -2.14. The van der Waals surface area contributed by atoms with Crippen molar-refractivity contribution >= 4 is 5.91 Å². The van der Waals surface area contributed by atoms with Gasteiger partial charge in [-0.1, -0.05) is 35.9 Å². The van der Waals surface area contributed by atoms with Crippen LogP contribution in [0.2, 0.25) is 0 Å². The van der Waals surface area contributed by atoms with Crippen LogP contribution < -0.4 is 5.32 Å². The van der Waals surface area contributed by atoms with Crippen LogP contribution >= 0.6 is 0 Å². The second kappa shape index (κ2) is 8.12. The van der Waals surface area contributed by atoms with Crippen molar-refractivity contribution in [2.45, 2.75) is 32.7 Å². The number of rotatable bonds is 6. The van der Waals surface area contributed by atoms with Crippen LogP contribution in [0.1, 0.15) is 36.4 Å². The Bertz CT molecular complexity index is 936. The molecule has 0 saturated carbocycles. The molecule has 0 aliphatic rings. The molecule has 1 N–H and O–H groups in total. The van der Waals surface area contributed by atoms with Crippen LogP contribution in [0.15, 0.2) is 53.1 Å². The number of carbonyl (C=O) groups excluding carboxylic acids is 1. The molecule has 2 aromatic carbocycles. The lowest BCUT2D eigenvalue weighted by Crippen LogP contribution is -2.27. The monoisotopic (exact) mass is 370 g/mol. The third kappa shape index (κ3) is 4.78. The van der Waals surface area contributed by atoms with E-state index in [1.54, 1.807) is 13.1 Å². The van der Waals surface area contributed by atoms with E-state index in [2.05, 4.69) is 10.3 Å². The van der Waals surface area contributed by atoms with Crippen molar-refractivity contribution in [3.8, 4) is 11.3 Å². The van der Waals surface area contributed by atoms with Gasteiger partial charge in [-0.05, 0) is 19.9 Å². The van der Waals surface area contributed by atoms with Crippen molar-refractivity contribution in [2.75, 3.05) is 0 Å². The van der Waals surface area contributed by atoms with E-state index in [1.165, 1.54) is 12.1 Å². The lowest BCUT2D eigenvalue weighted by molar-refractivity contribution is -0.121. The fourth-order valence-corrected chi connectivity index (χ4v) is 2.74. The Kier molecular flexibility index (Phi) is 5.64. The molecule has 1 heterocycles. The van der Waals surface area contributed by atoms with E-state index in [-0.39, 0.29) is 17.9 Å². The summed E-state index contributed by atoms with van der Waals surface area (Å²) >= 11 is 0. The first kappa shape index (κ1) is 18.8. The molecular weight excluding hydrogens is 350 g/mol. The van der Waals surface area contributed by atoms with E-state index in [4.69, 9.17) is 4.42 Å². The first-order chi connectivity index (χ1) is 12.9. The van der Waals surface area contributed by atoms with E-state index in [9.17, 15) is 13.6 Å². The Morgan fingerprint density at radius 2 is 1.93 bits per heavy atom. The van der Waals surface area contributed by atoms with Crippen molar-refractivity contribution in [1.82, 2.24) is 10.3 Å². The number of amides is 1. The maximum Gasteiger partial charge on any atom is 0.220 e. The van der Waals surface area contributed by atoms with Gasteiger partial charge >= 0.3 is 0 Å². The van der Waals surface area contributed by atoms with E-state index in [0.29, 0.717) is 18.1 Å². The van der Waals surface area contributed by atoms with Gasteiger partial charge < -0.3 is 9.73 Å². The van der Waals surface area contributed by atoms with Crippen LogP contribution in [-0.2, 0) is 11.2 Å². The highest BCUT2D eigenvalue weighted by atomic mass is 19.1. The maximum atomic E-state index is 13.8. The predicted octanol–water partition coefficient (Wildman–Crippen LogP) is 4.74. The van der Waals surface area contributed by atoms with Gasteiger partial charge in [0.25, 0.3) is 0 Å². The van der Waals surface area contributed by atoms with Crippen molar-refractivity contribution in [1.29, 1.82) is 0 Å². The van der Waals surface area contributed by atoms with Crippen molar-refractivity contribution in [2.24, 2.45) is 0 Å². The van der Waals surface area contributed by atoms with Crippen molar-refractivity contribution in [3.63, 3.8) is 0 Å². The molecule has 1 atom stereocenters. The molecule has 1 amide bonds. The number of benzene rings is 2. The molecule has 6 heteroatoms. The smallest absolute Gasteiger partial charge is 0.220 e. The first-order valence-electron chi connectivity index (χ1n) is 8.68. The van der Waals surface area contributed by atoms with Gasteiger partial charge in [0.1, 0.15) is 11.6 Å². The average molecular weight is 370 g/mol. The van der Waals surface area contributed by atoms with E-state index in [1.807, 2.05) is 31.2 Å². The van der Waals surface area contributed by atoms with Gasteiger partial charge in [-0.15, -0.1) is 0 Å². The average Bonchev–Trinajstić information content (AvgIpc) is 3.09. The summed E-state index contributed by atoms with van der Waals surface area (Å²) in [6.07, 6.45) is 2.12. The van der Waals surface area contributed by atoms with Gasteiger partial charge in [0, 0.05) is 30.0 Å². The van der Waals surface area contributed by atoms with Gasteiger partial charge in [-0.3, -0.25) is 4.79 Å². The van der Waals surface area contributed by atoms with Crippen molar-refractivity contribution in [3.05, 3.63) is 77.3 Å². The molecule has 0 radical (unpaired) electrons. The topological polar surface area (TPSA) is 55.1 Å². The van der Waals surface area contributed by atoms with E-state index < -0.39 is 17.7 Å². The molecule has 1 unspecified atom stereocenters. The van der Waals surface area contributed by atoms with Crippen LogP contribution in [0.4, 0.5) is 8.78 Å². The summed E-state index contributed by atoms with van der Waals surface area (Å²) in [7, 11) is 0. The highest BCUT2D eigenvalue weighted by Gasteiger charge is 2.15. The molecule has 3 aromatic rings. The van der Waals surface area contributed by atoms with Gasteiger partial charge in [0.15, 0.2) is 11.7 Å². The zero-order valence-electron chi connectivity index (χ0n) is 15.1. The Balaban J connectivity index is 1.55. The van der Waals surface area contributed by atoms with E-state index >= 15 is 0 Å². The number of hydrogen-bond donors (Lipinski definition) is 1. The normalized spacial score (nSPS) is 12.0. The zero-order chi connectivity index (χ0) is 19.4. The van der Waals surface area contributed by atoms with Crippen LogP contribution in [-0.4, -0.2) is 10.9 Å². The third-order valence-electron chi connectivity index (χ3n) is 4.26. The predicted molar refractivity (Wildman–Crippen MR) is 97.9 cm³/mol. The highest BCUT2D eigenvalue weighted by Crippen LogP contribution is 2.22. The summed E-state index contributed by atoms with van der Waals surface area (Å²) in [4.78, 5) is 16.3. The number of carbonyl (C=O) groups is 1. The molecule has 0 spiro atoms. The summed E-state index contributed by atoms with van der Waals surface area (Å²) in [6.45, 7) is 3.65. The molecule has 3 rings (SSSR count). The number of nitrogens with one attached hydrogen (secondary N) is 1. The lowest BCUT2D eigenvalue weighted by atomic mass is 10.1. The maximum absolute atomic E-state index is 13.8. The van der Waals surface area contributed by atoms with E-state index in [0.717, 1.165) is 17.2 Å². The summed E-state index contributed by atoms with van der Waals surface area (Å²) in [5, 5.41) is 2.70. The van der Waals surface area contributed by atoms with Crippen molar-refractivity contribution < 1.29 is 18.0 Å². The van der Waals surface area contributed by atoms with Gasteiger partial charge in [-0.2, -0.15) is 0 Å². The number of aromatic nitrogens is 1. The summed E-state index contributed by atoms with van der Waals surface area (Å²) in [5.41, 5.74) is 2.31. The number of oxazole rings is 1. The quantitative estimate of drug-likeness (QED) is 0.682. The minimum absolute atomic E-state index is 0.154. The molecule has 0 saturated heterocycles. The van der Waals surface area contributed by atoms with Gasteiger partial charge in [0.05, 0.1) is 12.2 Å². The molecular formula is C21H20F2N2O2. The number of aryl methyl sites for hydroxylation is 2.